The Kier molecular flexibility index (Phi) is 6.57. The predicted octanol–water partition coefficient (Wildman–Crippen LogP) is 5.20. The van der Waals surface area contributed by atoms with Gasteiger partial charge in [0, 0.05) is 11.4 Å². The zero-order valence-corrected chi connectivity index (χ0v) is 18.6. The van der Waals surface area contributed by atoms with Gasteiger partial charge in [0.1, 0.15) is 22.5 Å². The number of nitrogens with one attached hydrogen (secondary N) is 1. The van der Waals surface area contributed by atoms with Crippen molar-refractivity contribution >= 4 is 35.0 Å². The molecule has 7 heteroatoms. The van der Waals surface area contributed by atoms with Crippen LogP contribution in [-0.2, 0) is 16.0 Å². The molecule has 1 heterocycles. The van der Waals surface area contributed by atoms with E-state index >= 15 is 0 Å². The SMILES string of the molecule is Cc1ccc(N2C(=O)[C@H](Cc3ccccc3)S/C2=C(\C#N)C(=O)Nc2ccc(F)cc2)cc1. The van der Waals surface area contributed by atoms with Crippen LogP contribution in [0.1, 0.15) is 11.1 Å². The monoisotopic (exact) mass is 457 g/mol. The number of rotatable bonds is 5. The molecule has 5 nitrogen and oxygen atoms in total. The lowest BCUT2D eigenvalue weighted by molar-refractivity contribution is -0.117. The summed E-state index contributed by atoms with van der Waals surface area (Å²) in [6, 6.07) is 24.2. The smallest absolute Gasteiger partial charge is 0.269 e. The number of hydrogen-bond acceptors (Lipinski definition) is 4. The number of anilines is 2. The van der Waals surface area contributed by atoms with Gasteiger partial charge in [-0.25, -0.2) is 4.39 Å². The molecule has 0 saturated carbocycles. The van der Waals surface area contributed by atoms with Gasteiger partial charge in [0.25, 0.3) is 5.91 Å². The van der Waals surface area contributed by atoms with Crippen LogP contribution in [0, 0.1) is 24.1 Å². The van der Waals surface area contributed by atoms with Gasteiger partial charge < -0.3 is 5.32 Å². The summed E-state index contributed by atoms with van der Waals surface area (Å²) in [5.41, 5.74) is 2.79. The van der Waals surface area contributed by atoms with Crippen LogP contribution >= 0.6 is 11.8 Å². The molecule has 4 rings (SSSR count). The maximum atomic E-state index is 13.4. The largest absolute Gasteiger partial charge is 0.321 e. The lowest BCUT2D eigenvalue weighted by Crippen LogP contribution is -2.30. The van der Waals surface area contributed by atoms with Gasteiger partial charge in [-0.2, -0.15) is 5.26 Å². The fourth-order valence-corrected chi connectivity index (χ4v) is 4.78. The van der Waals surface area contributed by atoms with Gasteiger partial charge in [-0.3, -0.25) is 14.5 Å². The highest BCUT2D eigenvalue weighted by molar-refractivity contribution is 8.05. The molecule has 164 valence electrons. The first-order valence-electron chi connectivity index (χ1n) is 10.3. The molecule has 0 aromatic heterocycles. The summed E-state index contributed by atoms with van der Waals surface area (Å²) in [5.74, 6) is -1.28. The molecule has 3 aromatic carbocycles. The minimum atomic E-state index is -0.656. The molecule has 1 saturated heterocycles. The lowest BCUT2D eigenvalue weighted by atomic mass is 10.1. The number of halogens is 1. The molecule has 0 unspecified atom stereocenters. The zero-order valence-electron chi connectivity index (χ0n) is 17.8. The highest BCUT2D eigenvalue weighted by atomic mass is 32.2. The number of carbonyl (C=O) groups excluding carboxylic acids is 2. The molecule has 3 aromatic rings. The lowest BCUT2D eigenvalue weighted by Gasteiger charge is -2.19. The van der Waals surface area contributed by atoms with Gasteiger partial charge in [0.05, 0.1) is 5.25 Å². The third-order valence-corrected chi connectivity index (χ3v) is 6.43. The first-order valence-corrected chi connectivity index (χ1v) is 11.2. The molecular formula is C26H20FN3O2S. The molecule has 0 bridgehead atoms. The number of nitrogens with zero attached hydrogens (tertiary/aromatic N) is 2. The standard InChI is InChI=1S/C26H20FN3O2S/c1-17-7-13-21(14-8-17)30-25(32)23(15-18-5-3-2-4-6-18)33-26(30)22(16-28)24(31)29-20-11-9-19(27)10-12-20/h2-14,23H,15H2,1H3,(H,29,31)/b26-22+/t23-/m0/s1. The summed E-state index contributed by atoms with van der Waals surface area (Å²) in [6.07, 6.45) is 0.467. The second-order valence-electron chi connectivity index (χ2n) is 7.56. The Morgan fingerprint density at radius 1 is 1.06 bits per heavy atom. The Labute approximate surface area is 195 Å². The summed E-state index contributed by atoms with van der Waals surface area (Å²) >= 11 is 1.21. The van der Waals surface area contributed by atoms with E-state index in [2.05, 4.69) is 5.32 Å². The number of hydrogen-bond donors (Lipinski definition) is 1. The van der Waals surface area contributed by atoms with Crippen molar-refractivity contribution in [3.63, 3.8) is 0 Å². The second-order valence-corrected chi connectivity index (χ2v) is 8.75. The van der Waals surface area contributed by atoms with Gasteiger partial charge in [0.15, 0.2) is 0 Å². The molecule has 0 spiro atoms. The van der Waals surface area contributed by atoms with Gasteiger partial charge in [-0.05, 0) is 55.3 Å². The zero-order chi connectivity index (χ0) is 23.4. The minimum absolute atomic E-state index is 0.172. The van der Waals surface area contributed by atoms with E-state index < -0.39 is 17.0 Å². The van der Waals surface area contributed by atoms with Crippen LogP contribution in [0.3, 0.4) is 0 Å². The van der Waals surface area contributed by atoms with E-state index in [0.29, 0.717) is 17.8 Å². The first kappa shape index (κ1) is 22.3. The molecule has 0 radical (unpaired) electrons. The number of amides is 2. The fourth-order valence-electron chi connectivity index (χ4n) is 3.47. The maximum Gasteiger partial charge on any atom is 0.269 e. The van der Waals surface area contributed by atoms with E-state index in [4.69, 9.17) is 0 Å². The summed E-state index contributed by atoms with van der Waals surface area (Å²) < 4.78 is 13.2. The van der Waals surface area contributed by atoms with Gasteiger partial charge in [-0.1, -0.05) is 59.8 Å². The van der Waals surface area contributed by atoms with Gasteiger partial charge >= 0.3 is 0 Å². The predicted molar refractivity (Wildman–Crippen MR) is 128 cm³/mol. The number of benzene rings is 3. The van der Waals surface area contributed by atoms with Crippen LogP contribution in [0.25, 0.3) is 0 Å². The summed E-state index contributed by atoms with van der Waals surface area (Å²) in [6.45, 7) is 1.94. The van der Waals surface area contributed by atoms with Crippen molar-refractivity contribution in [3.8, 4) is 6.07 Å². The normalized spacial score (nSPS) is 16.9. The summed E-state index contributed by atoms with van der Waals surface area (Å²) in [5, 5.41) is 12.3. The summed E-state index contributed by atoms with van der Waals surface area (Å²) in [4.78, 5) is 27.9. The second kappa shape index (κ2) is 9.72. The highest BCUT2D eigenvalue weighted by Crippen LogP contribution is 2.42. The Bertz CT molecular complexity index is 1250. The Hall–Kier alpha value is -3.89. The van der Waals surface area contributed by atoms with Crippen molar-refractivity contribution in [2.24, 2.45) is 0 Å². The van der Waals surface area contributed by atoms with Gasteiger partial charge in [-0.15, -0.1) is 0 Å². The van der Waals surface area contributed by atoms with Crippen molar-refractivity contribution < 1.29 is 14.0 Å². The number of carbonyl (C=O) groups is 2. The minimum Gasteiger partial charge on any atom is -0.321 e. The fraction of sp³-hybridized carbons (Fsp3) is 0.115. The molecule has 1 aliphatic heterocycles. The van der Waals surface area contributed by atoms with Crippen molar-refractivity contribution in [3.05, 3.63) is 106 Å². The molecular weight excluding hydrogens is 437 g/mol. The third-order valence-electron chi connectivity index (χ3n) is 5.16. The summed E-state index contributed by atoms with van der Waals surface area (Å²) in [7, 11) is 0. The molecule has 1 fully saturated rings. The number of thioether (sulfide) groups is 1. The van der Waals surface area contributed by atoms with E-state index in [9.17, 15) is 19.2 Å². The van der Waals surface area contributed by atoms with Crippen LogP contribution in [0.4, 0.5) is 15.8 Å². The maximum absolute atomic E-state index is 13.4. The molecule has 1 aliphatic rings. The number of aryl methyl sites for hydroxylation is 1. The van der Waals surface area contributed by atoms with E-state index in [-0.39, 0.29) is 16.5 Å². The van der Waals surface area contributed by atoms with Crippen molar-refractivity contribution in [1.29, 1.82) is 5.26 Å². The molecule has 33 heavy (non-hydrogen) atoms. The molecule has 1 N–H and O–H groups in total. The average molecular weight is 458 g/mol. The Morgan fingerprint density at radius 2 is 1.73 bits per heavy atom. The topological polar surface area (TPSA) is 73.2 Å². The van der Waals surface area contributed by atoms with Crippen LogP contribution in [-0.4, -0.2) is 17.1 Å². The van der Waals surface area contributed by atoms with Crippen molar-refractivity contribution in [1.82, 2.24) is 0 Å². The Balaban J connectivity index is 1.72. The van der Waals surface area contributed by atoms with Crippen molar-refractivity contribution in [2.75, 3.05) is 10.2 Å². The van der Waals surface area contributed by atoms with Crippen LogP contribution in [0.5, 0.6) is 0 Å². The van der Waals surface area contributed by atoms with E-state index in [1.807, 2.05) is 55.5 Å². The van der Waals surface area contributed by atoms with Crippen LogP contribution in [0.15, 0.2) is 89.5 Å². The molecule has 2 amide bonds. The van der Waals surface area contributed by atoms with E-state index in [1.165, 1.54) is 40.9 Å². The van der Waals surface area contributed by atoms with E-state index in [1.54, 1.807) is 12.1 Å². The quantitative estimate of drug-likeness (QED) is 0.422. The van der Waals surface area contributed by atoms with Crippen molar-refractivity contribution in [2.45, 2.75) is 18.6 Å². The number of nitriles is 1. The third kappa shape index (κ3) is 4.97. The first-order chi connectivity index (χ1) is 16.0. The van der Waals surface area contributed by atoms with Crippen LogP contribution in [0.2, 0.25) is 0 Å². The Morgan fingerprint density at radius 3 is 2.36 bits per heavy atom. The average Bonchev–Trinajstić information content (AvgIpc) is 3.12. The molecule has 1 atom stereocenters. The highest BCUT2D eigenvalue weighted by Gasteiger charge is 2.40. The molecule has 0 aliphatic carbocycles. The van der Waals surface area contributed by atoms with E-state index in [0.717, 1.165) is 11.1 Å². The van der Waals surface area contributed by atoms with Gasteiger partial charge in [0.2, 0.25) is 5.91 Å². The van der Waals surface area contributed by atoms with Crippen LogP contribution < -0.4 is 10.2 Å².